The minimum atomic E-state index is 0.305. The first-order valence-electron chi connectivity index (χ1n) is 9.32. The average Bonchev–Trinajstić information content (AvgIpc) is 3.51. The largest absolute Gasteiger partial charge is 0.376 e. The molecular formula is C18H20N6OS3. The van der Waals surface area contributed by atoms with Crippen LogP contribution in [0.1, 0.15) is 18.9 Å². The zero-order valence-electron chi connectivity index (χ0n) is 15.2. The summed E-state index contributed by atoms with van der Waals surface area (Å²) in [7, 11) is 0. The van der Waals surface area contributed by atoms with Gasteiger partial charge in [0.05, 0.1) is 12.1 Å². The summed E-state index contributed by atoms with van der Waals surface area (Å²) in [6.07, 6.45) is 2.58. The van der Waals surface area contributed by atoms with Crippen molar-refractivity contribution >= 4 is 40.0 Å². The van der Waals surface area contributed by atoms with Crippen molar-refractivity contribution in [3.8, 4) is 11.4 Å². The lowest BCUT2D eigenvalue weighted by molar-refractivity contribution is 0.120. The number of anilines is 1. The second-order valence-electron chi connectivity index (χ2n) is 6.71. The first kappa shape index (κ1) is 18.4. The summed E-state index contributed by atoms with van der Waals surface area (Å²) >= 11 is 5.13. The van der Waals surface area contributed by atoms with Gasteiger partial charge in [0.1, 0.15) is 0 Å². The van der Waals surface area contributed by atoms with Crippen molar-refractivity contribution in [2.75, 3.05) is 30.0 Å². The van der Waals surface area contributed by atoms with Gasteiger partial charge in [-0.3, -0.25) is 4.57 Å². The van der Waals surface area contributed by atoms with E-state index >= 15 is 0 Å². The lowest BCUT2D eigenvalue weighted by Gasteiger charge is -2.13. The molecule has 7 nitrogen and oxygen atoms in total. The maximum absolute atomic E-state index is 5.64. The van der Waals surface area contributed by atoms with E-state index in [0.717, 1.165) is 63.5 Å². The van der Waals surface area contributed by atoms with Crippen LogP contribution in [0.15, 0.2) is 39.8 Å². The quantitative estimate of drug-likeness (QED) is 0.565. The Morgan fingerprint density at radius 1 is 1.18 bits per heavy atom. The lowest BCUT2D eigenvalue weighted by Crippen LogP contribution is -2.18. The molecule has 0 spiro atoms. The maximum Gasteiger partial charge on any atom is 0.206 e. The fourth-order valence-corrected chi connectivity index (χ4v) is 6.46. The van der Waals surface area contributed by atoms with Gasteiger partial charge in [0.25, 0.3) is 0 Å². The first-order chi connectivity index (χ1) is 13.9. The Hall–Kier alpha value is -1.62. The lowest BCUT2D eigenvalue weighted by atomic mass is 10.2. The van der Waals surface area contributed by atoms with E-state index in [0.29, 0.717) is 12.1 Å². The van der Waals surface area contributed by atoms with Crippen LogP contribution in [0.2, 0.25) is 0 Å². The average molecular weight is 433 g/mol. The Morgan fingerprint density at radius 2 is 2.11 bits per heavy atom. The van der Waals surface area contributed by atoms with Crippen molar-refractivity contribution in [3.05, 3.63) is 30.3 Å². The van der Waals surface area contributed by atoms with Gasteiger partial charge in [-0.25, -0.2) is 0 Å². The molecule has 3 aromatic rings. The summed E-state index contributed by atoms with van der Waals surface area (Å²) in [6, 6.07) is 10.6. The van der Waals surface area contributed by atoms with E-state index in [1.54, 1.807) is 34.9 Å². The van der Waals surface area contributed by atoms with Gasteiger partial charge in [0.15, 0.2) is 15.3 Å². The van der Waals surface area contributed by atoms with E-state index in [2.05, 4.69) is 42.4 Å². The first-order valence-corrected chi connectivity index (χ1v) is 12.1. The fraction of sp³-hybridized carbons (Fsp3) is 0.444. The fourth-order valence-electron chi connectivity index (χ4n) is 3.37. The van der Waals surface area contributed by atoms with Crippen molar-refractivity contribution in [1.82, 2.24) is 25.0 Å². The highest BCUT2D eigenvalue weighted by Gasteiger charge is 2.28. The molecule has 1 N–H and O–H groups in total. The summed E-state index contributed by atoms with van der Waals surface area (Å²) in [6.45, 7) is 1.68. The third-order valence-electron chi connectivity index (χ3n) is 4.78. The summed E-state index contributed by atoms with van der Waals surface area (Å²) in [5.74, 6) is 2.89. The number of nitrogens with one attached hydrogen (secondary N) is 1. The van der Waals surface area contributed by atoms with Gasteiger partial charge >= 0.3 is 0 Å². The Labute approximate surface area is 175 Å². The highest BCUT2D eigenvalue weighted by molar-refractivity contribution is 8.01. The third-order valence-corrected chi connectivity index (χ3v) is 8.02. The summed E-state index contributed by atoms with van der Waals surface area (Å²) in [5.41, 5.74) is 1.11. The highest BCUT2D eigenvalue weighted by Crippen LogP contribution is 2.39. The van der Waals surface area contributed by atoms with Crippen LogP contribution < -0.4 is 5.32 Å². The van der Waals surface area contributed by atoms with Crippen LogP contribution in [0, 0.1) is 0 Å². The van der Waals surface area contributed by atoms with Gasteiger partial charge in [-0.15, -0.1) is 20.4 Å². The Morgan fingerprint density at radius 3 is 2.96 bits per heavy atom. The zero-order valence-corrected chi connectivity index (χ0v) is 17.6. The topological polar surface area (TPSA) is 77.8 Å². The number of rotatable bonds is 7. The van der Waals surface area contributed by atoms with Crippen molar-refractivity contribution in [3.63, 3.8) is 0 Å². The van der Waals surface area contributed by atoms with Crippen LogP contribution in [0.5, 0.6) is 0 Å². The predicted molar refractivity (Wildman–Crippen MR) is 113 cm³/mol. The number of thioether (sulfide) groups is 2. The van der Waals surface area contributed by atoms with Crippen LogP contribution in [0.4, 0.5) is 5.13 Å². The molecule has 0 unspecified atom stereocenters. The van der Waals surface area contributed by atoms with Gasteiger partial charge in [-0.05, 0) is 12.8 Å². The normalized spacial score (nSPS) is 21.1. The molecule has 0 aliphatic carbocycles. The van der Waals surface area contributed by atoms with Crippen molar-refractivity contribution in [2.24, 2.45) is 0 Å². The zero-order chi connectivity index (χ0) is 18.8. The molecule has 2 atom stereocenters. The Balaban J connectivity index is 1.21. The number of aromatic nitrogens is 5. The maximum atomic E-state index is 5.64. The van der Waals surface area contributed by atoms with Crippen LogP contribution >= 0.6 is 34.9 Å². The van der Waals surface area contributed by atoms with Gasteiger partial charge < -0.3 is 10.1 Å². The Kier molecular flexibility index (Phi) is 5.52. The predicted octanol–water partition coefficient (Wildman–Crippen LogP) is 3.83. The monoisotopic (exact) mass is 432 g/mol. The molecular weight excluding hydrogens is 412 g/mol. The summed E-state index contributed by atoms with van der Waals surface area (Å²) < 4.78 is 8.90. The van der Waals surface area contributed by atoms with E-state index in [4.69, 9.17) is 4.74 Å². The number of fused-ring (bicyclic) bond motifs is 1. The molecule has 146 valence electrons. The third kappa shape index (κ3) is 3.91. The molecule has 5 rings (SSSR count). The van der Waals surface area contributed by atoms with Gasteiger partial charge in [-0.2, -0.15) is 0 Å². The molecule has 1 fully saturated rings. The second kappa shape index (κ2) is 8.40. The molecule has 1 saturated heterocycles. The summed E-state index contributed by atoms with van der Waals surface area (Å²) in [4.78, 5) is 0. The number of hydrogen-bond donors (Lipinski definition) is 1. The number of benzene rings is 1. The molecule has 4 heterocycles. The number of hydrogen-bond acceptors (Lipinski definition) is 9. The molecule has 28 heavy (non-hydrogen) atoms. The molecule has 0 saturated carbocycles. The van der Waals surface area contributed by atoms with Crippen LogP contribution in [-0.2, 0) is 4.74 Å². The minimum Gasteiger partial charge on any atom is -0.376 e. The van der Waals surface area contributed by atoms with Crippen LogP contribution in [0.3, 0.4) is 0 Å². The van der Waals surface area contributed by atoms with Crippen molar-refractivity contribution in [1.29, 1.82) is 0 Å². The number of ether oxygens (including phenoxy) is 1. The van der Waals surface area contributed by atoms with E-state index < -0.39 is 0 Å². The highest BCUT2D eigenvalue weighted by atomic mass is 32.2. The van der Waals surface area contributed by atoms with Crippen LogP contribution in [-0.4, -0.2) is 55.7 Å². The summed E-state index contributed by atoms with van der Waals surface area (Å²) in [5, 5.41) is 22.6. The molecule has 2 aromatic heterocycles. The molecule has 0 radical (unpaired) electrons. The standard InChI is InChI=1S/C18H20N6OS3/c1-2-5-12(6-3-1)15-20-22-17-24(15)13(10-26-17)11-27-18-23-21-16(28-18)19-9-14-7-4-8-25-14/h1-3,5-6,13-14H,4,7-11H2,(H,19,21)/t13-,14-/m0/s1. The molecule has 0 amide bonds. The van der Waals surface area contributed by atoms with E-state index in [9.17, 15) is 0 Å². The minimum absolute atomic E-state index is 0.305. The molecule has 1 aromatic carbocycles. The van der Waals surface area contributed by atoms with Crippen LogP contribution in [0.25, 0.3) is 11.4 Å². The molecule has 2 aliphatic heterocycles. The van der Waals surface area contributed by atoms with Crippen molar-refractivity contribution in [2.45, 2.75) is 34.5 Å². The molecule has 10 heteroatoms. The molecule has 2 aliphatic rings. The van der Waals surface area contributed by atoms with E-state index in [1.807, 2.05) is 18.2 Å². The van der Waals surface area contributed by atoms with E-state index in [-0.39, 0.29) is 0 Å². The Bertz CT molecular complexity index is 925. The van der Waals surface area contributed by atoms with Crippen molar-refractivity contribution < 1.29 is 4.74 Å². The second-order valence-corrected chi connectivity index (χ2v) is 9.94. The molecule has 0 bridgehead atoms. The van der Waals surface area contributed by atoms with Gasteiger partial charge in [0, 0.05) is 30.2 Å². The van der Waals surface area contributed by atoms with Gasteiger partial charge in [0.2, 0.25) is 5.13 Å². The van der Waals surface area contributed by atoms with E-state index in [1.165, 1.54) is 0 Å². The number of nitrogens with zero attached hydrogens (tertiary/aromatic N) is 5. The smallest absolute Gasteiger partial charge is 0.206 e. The van der Waals surface area contributed by atoms with Gasteiger partial charge in [-0.1, -0.05) is 65.2 Å². The SMILES string of the molecule is c1ccc(-c2nnc3n2[C@H](CSc2nnc(NC[C@@H]4CCCO4)s2)CS3)cc1.